The topological polar surface area (TPSA) is 131 Å². The predicted octanol–water partition coefficient (Wildman–Crippen LogP) is 7.00. The first-order valence-corrected chi connectivity index (χ1v) is 17.1. The number of anilines is 1. The highest BCUT2D eigenvalue weighted by molar-refractivity contribution is 5.98. The molecule has 2 atom stereocenters. The van der Waals surface area contributed by atoms with Crippen LogP contribution in [-0.4, -0.2) is 64.5 Å². The van der Waals surface area contributed by atoms with Crippen LogP contribution >= 0.6 is 0 Å². The van der Waals surface area contributed by atoms with Gasteiger partial charge >= 0.3 is 6.09 Å². The fourth-order valence-corrected chi connectivity index (χ4v) is 6.51. The molecule has 7 rings (SSSR count). The van der Waals surface area contributed by atoms with Gasteiger partial charge in [0.25, 0.3) is 5.91 Å². The van der Waals surface area contributed by atoms with Crippen molar-refractivity contribution in [3.8, 4) is 22.3 Å². The van der Waals surface area contributed by atoms with Crippen LogP contribution in [-0.2, 0) is 16.1 Å². The van der Waals surface area contributed by atoms with Gasteiger partial charge in [-0.3, -0.25) is 9.59 Å². The van der Waals surface area contributed by atoms with Crippen molar-refractivity contribution in [1.82, 2.24) is 20.1 Å². The monoisotopic (exact) mass is 689 g/mol. The first kappa shape index (κ1) is 33.8. The summed E-state index contributed by atoms with van der Waals surface area (Å²) in [6.45, 7) is 7.36. The third-order valence-corrected chi connectivity index (χ3v) is 9.31. The molecule has 3 amide bonds. The Hall–Kier alpha value is -5.71. The maximum absolute atomic E-state index is 13.9. The van der Waals surface area contributed by atoms with E-state index in [1.165, 1.54) is 12.1 Å². The number of ether oxygens (including phenoxy) is 1. The van der Waals surface area contributed by atoms with Gasteiger partial charge in [-0.25, -0.2) is 14.2 Å². The molecule has 10 nitrogen and oxygen atoms in total. The van der Waals surface area contributed by atoms with Crippen molar-refractivity contribution in [3.63, 3.8) is 0 Å². The van der Waals surface area contributed by atoms with Crippen LogP contribution in [0.3, 0.4) is 0 Å². The normalized spacial score (nSPS) is 17.3. The van der Waals surface area contributed by atoms with E-state index in [-0.39, 0.29) is 42.1 Å². The van der Waals surface area contributed by atoms with Gasteiger partial charge in [-0.2, -0.15) is 0 Å². The number of pyridine rings is 1. The van der Waals surface area contributed by atoms with Gasteiger partial charge in [-0.1, -0.05) is 30.3 Å². The lowest BCUT2D eigenvalue weighted by atomic mass is 9.96. The molecule has 0 radical (unpaired) electrons. The average molecular weight is 690 g/mol. The van der Waals surface area contributed by atoms with Gasteiger partial charge in [0, 0.05) is 54.8 Å². The Morgan fingerprint density at radius 1 is 0.902 bits per heavy atom. The molecule has 262 valence electrons. The molecule has 2 aliphatic rings. The summed E-state index contributed by atoms with van der Waals surface area (Å²) in [7, 11) is 0. The quantitative estimate of drug-likeness (QED) is 0.188. The Balaban J connectivity index is 1.07. The molecule has 0 spiro atoms. The van der Waals surface area contributed by atoms with E-state index < -0.39 is 5.60 Å². The lowest BCUT2D eigenvalue weighted by molar-refractivity contribution is -0.122. The number of hydrogen-bond acceptors (Lipinski definition) is 7. The predicted molar refractivity (Wildman–Crippen MR) is 192 cm³/mol. The van der Waals surface area contributed by atoms with E-state index in [1.54, 1.807) is 34.2 Å². The molecule has 51 heavy (non-hydrogen) atoms. The number of aromatic nitrogens is 1. The van der Waals surface area contributed by atoms with Gasteiger partial charge in [0.05, 0.1) is 6.54 Å². The Bertz CT molecular complexity index is 2080. The summed E-state index contributed by atoms with van der Waals surface area (Å²) in [6, 6.07) is 23.2. The number of furan rings is 1. The van der Waals surface area contributed by atoms with Crippen LogP contribution in [0.4, 0.5) is 15.0 Å². The van der Waals surface area contributed by atoms with Crippen molar-refractivity contribution >= 4 is 34.7 Å². The van der Waals surface area contributed by atoms with Gasteiger partial charge in [-0.15, -0.1) is 0 Å². The van der Waals surface area contributed by atoms with Crippen LogP contribution in [0.1, 0.15) is 54.8 Å². The van der Waals surface area contributed by atoms with Crippen LogP contribution < -0.4 is 11.1 Å². The summed E-state index contributed by atoms with van der Waals surface area (Å²) < 4.78 is 25.7. The molecule has 3 heterocycles. The van der Waals surface area contributed by atoms with Gasteiger partial charge in [0.1, 0.15) is 28.6 Å². The second-order valence-electron chi connectivity index (χ2n) is 14.2. The Morgan fingerprint density at radius 3 is 2.25 bits per heavy atom. The summed E-state index contributed by atoms with van der Waals surface area (Å²) in [5.41, 5.74) is 10.6. The fraction of sp³-hybridized carbons (Fsp3) is 0.300. The van der Waals surface area contributed by atoms with E-state index in [2.05, 4.69) is 10.3 Å². The number of benzene rings is 3. The average Bonchev–Trinajstić information content (AvgIpc) is 3.81. The van der Waals surface area contributed by atoms with E-state index in [0.717, 1.165) is 39.6 Å². The Morgan fingerprint density at radius 2 is 1.59 bits per heavy atom. The number of fused-ring (bicyclic) bond motifs is 1. The number of nitrogens with one attached hydrogen (secondary N) is 1. The molecule has 2 aromatic heterocycles. The summed E-state index contributed by atoms with van der Waals surface area (Å²) in [4.78, 5) is 46.3. The minimum Gasteiger partial charge on any atom is -0.459 e. The second-order valence-corrected chi connectivity index (χ2v) is 14.2. The molecule has 1 aliphatic heterocycles. The molecule has 0 unspecified atom stereocenters. The molecule has 3 aromatic carbocycles. The van der Waals surface area contributed by atoms with Crippen molar-refractivity contribution in [2.45, 2.75) is 45.3 Å². The largest absolute Gasteiger partial charge is 0.459 e. The number of piperazine rings is 1. The van der Waals surface area contributed by atoms with E-state index in [0.29, 0.717) is 48.9 Å². The number of carbonyl (C=O) groups excluding carboxylic acids is 3. The number of hydrogen-bond donors (Lipinski definition) is 2. The lowest BCUT2D eigenvalue weighted by Gasteiger charge is -2.35. The van der Waals surface area contributed by atoms with Crippen molar-refractivity contribution in [2.75, 3.05) is 31.9 Å². The van der Waals surface area contributed by atoms with Gasteiger partial charge in [-0.05, 0) is 104 Å². The maximum atomic E-state index is 13.9. The van der Waals surface area contributed by atoms with E-state index >= 15 is 0 Å². The summed E-state index contributed by atoms with van der Waals surface area (Å²) in [5, 5.41) is 3.85. The van der Waals surface area contributed by atoms with E-state index in [4.69, 9.17) is 14.9 Å². The van der Waals surface area contributed by atoms with Crippen molar-refractivity contribution in [3.05, 3.63) is 108 Å². The zero-order valence-corrected chi connectivity index (χ0v) is 28.8. The van der Waals surface area contributed by atoms with Crippen LogP contribution in [0.15, 0.2) is 89.5 Å². The lowest BCUT2D eigenvalue weighted by Crippen LogP contribution is -2.51. The molecule has 1 saturated carbocycles. The fourth-order valence-electron chi connectivity index (χ4n) is 6.51. The smallest absolute Gasteiger partial charge is 0.410 e. The second kappa shape index (κ2) is 13.5. The van der Waals surface area contributed by atoms with E-state index in [9.17, 15) is 18.8 Å². The van der Waals surface area contributed by atoms with Crippen LogP contribution in [0, 0.1) is 11.7 Å². The Labute approximate surface area is 295 Å². The van der Waals surface area contributed by atoms with Crippen LogP contribution in [0.5, 0.6) is 0 Å². The van der Waals surface area contributed by atoms with Crippen molar-refractivity contribution in [2.24, 2.45) is 5.92 Å². The molecule has 5 aromatic rings. The number of nitrogen functional groups attached to an aromatic ring is 1. The zero-order chi connectivity index (χ0) is 35.9. The van der Waals surface area contributed by atoms with Crippen LogP contribution in [0.2, 0.25) is 0 Å². The highest BCUT2D eigenvalue weighted by Crippen LogP contribution is 2.47. The molecule has 3 N–H and O–H groups in total. The molecule has 1 aliphatic carbocycles. The van der Waals surface area contributed by atoms with Gasteiger partial charge in [0.15, 0.2) is 0 Å². The number of rotatable bonds is 7. The van der Waals surface area contributed by atoms with Gasteiger partial charge in [0.2, 0.25) is 5.91 Å². The minimum atomic E-state index is -0.578. The van der Waals surface area contributed by atoms with E-state index in [1.807, 2.05) is 69.3 Å². The standard InChI is InChI=1S/C40H40FN5O5/c1-40(2,3)51-39(49)46-16-14-45(15-17-46)38(48)26-6-4-24(5-7-26)28-18-29-19-31(50-36(29)33(20-28)25-8-11-30(41)12-9-25)23-44-37(47)34-21-32(34)27-10-13-35(42)43-22-27/h4-13,18-20,22,32,34H,14-17,21,23H2,1-3H3,(H2,42,43)(H,44,47)/t32-,34+/m1/s1. The summed E-state index contributed by atoms with van der Waals surface area (Å²) in [5.74, 6) is 0.555. The zero-order valence-electron chi connectivity index (χ0n) is 28.8. The molecule has 11 heteroatoms. The number of nitrogens with zero attached hydrogens (tertiary/aromatic N) is 3. The molecule has 2 fully saturated rings. The molecular weight excluding hydrogens is 649 g/mol. The number of amides is 3. The molecule has 0 bridgehead atoms. The van der Waals surface area contributed by atoms with Gasteiger partial charge < -0.3 is 30.0 Å². The molecule has 1 saturated heterocycles. The minimum absolute atomic E-state index is 0.0451. The SMILES string of the molecule is CC(C)(C)OC(=O)N1CCN(C(=O)c2ccc(-c3cc(-c4ccc(F)cc4)c4oc(CNC(=O)[C@H]5C[C@@H]5c5ccc(N)nc5)cc4c3)cc2)CC1. The number of halogens is 1. The number of carbonyl (C=O) groups is 3. The highest BCUT2D eigenvalue weighted by Gasteiger charge is 2.44. The first-order chi connectivity index (χ1) is 24.4. The first-order valence-electron chi connectivity index (χ1n) is 17.1. The van der Waals surface area contributed by atoms with Crippen LogP contribution in [0.25, 0.3) is 33.2 Å². The number of nitrogens with two attached hydrogens (primary N) is 1. The third-order valence-electron chi connectivity index (χ3n) is 9.31. The Kier molecular flexibility index (Phi) is 8.97. The van der Waals surface area contributed by atoms with Crippen molar-refractivity contribution in [1.29, 1.82) is 0 Å². The maximum Gasteiger partial charge on any atom is 0.410 e. The summed E-state index contributed by atoms with van der Waals surface area (Å²) >= 11 is 0. The third kappa shape index (κ3) is 7.57. The molecular formula is C40H40FN5O5. The van der Waals surface area contributed by atoms with Crippen molar-refractivity contribution < 1.29 is 27.9 Å². The summed E-state index contributed by atoms with van der Waals surface area (Å²) in [6.07, 6.45) is 2.11. The highest BCUT2D eigenvalue weighted by atomic mass is 19.1.